The first kappa shape index (κ1) is 11.5. The Labute approximate surface area is 94.5 Å². The van der Waals surface area contributed by atoms with E-state index in [4.69, 9.17) is 0 Å². The van der Waals surface area contributed by atoms with Gasteiger partial charge in [0.1, 0.15) is 5.82 Å². The van der Waals surface area contributed by atoms with Crippen molar-refractivity contribution in [1.82, 2.24) is 4.98 Å². The van der Waals surface area contributed by atoms with Crippen molar-refractivity contribution in [2.45, 2.75) is 33.2 Å². The molecule has 0 aromatic carbocycles. The molecule has 0 aliphatic carbocycles. The van der Waals surface area contributed by atoms with Crippen LogP contribution in [0.2, 0.25) is 0 Å². The van der Waals surface area contributed by atoms with E-state index < -0.39 is 0 Å². The standard InChI is InChI=1S/C11H17BrN2/c1-5-9(3)14(4)11-8(2)6-10(12)7-13-11/h6-7,9H,5H2,1-4H3. The molecule has 1 atom stereocenters. The van der Waals surface area contributed by atoms with Crippen LogP contribution in [-0.4, -0.2) is 18.1 Å². The molecule has 0 N–H and O–H groups in total. The number of pyridine rings is 1. The number of hydrogen-bond acceptors (Lipinski definition) is 2. The zero-order valence-corrected chi connectivity index (χ0v) is 10.8. The van der Waals surface area contributed by atoms with Crippen LogP contribution in [0.1, 0.15) is 25.8 Å². The van der Waals surface area contributed by atoms with Gasteiger partial charge in [0.15, 0.2) is 0 Å². The summed E-state index contributed by atoms with van der Waals surface area (Å²) in [7, 11) is 2.09. The van der Waals surface area contributed by atoms with Gasteiger partial charge in [-0.05, 0) is 47.8 Å². The van der Waals surface area contributed by atoms with E-state index >= 15 is 0 Å². The lowest BCUT2D eigenvalue weighted by molar-refractivity contribution is 0.655. The van der Waals surface area contributed by atoms with Crippen LogP contribution in [0.25, 0.3) is 0 Å². The van der Waals surface area contributed by atoms with Gasteiger partial charge in [-0.1, -0.05) is 6.92 Å². The first-order chi connectivity index (χ1) is 6.56. The van der Waals surface area contributed by atoms with Gasteiger partial charge in [0.25, 0.3) is 0 Å². The predicted molar refractivity (Wildman–Crippen MR) is 64.8 cm³/mol. The molecule has 0 saturated heterocycles. The average molecular weight is 257 g/mol. The predicted octanol–water partition coefficient (Wildman–Crippen LogP) is 3.39. The van der Waals surface area contributed by atoms with E-state index in [-0.39, 0.29) is 0 Å². The summed E-state index contributed by atoms with van der Waals surface area (Å²) in [6, 6.07) is 2.63. The molecule has 0 aliphatic heterocycles. The Morgan fingerprint density at radius 1 is 1.57 bits per heavy atom. The Hall–Kier alpha value is -0.570. The number of aromatic nitrogens is 1. The van der Waals surface area contributed by atoms with E-state index in [9.17, 15) is 0 Å². The van der Waals surface area contributed by atoms with E-state index in [0.717, 1.165) is 16.7 Å². The summed E-state index contributed by atoms with van der Waals surface area (Å²) in [5, 5.41) is 0. The lowest BCUT2D eigenvalue weighted by Gasteiger charge is -2.26. The Morgan fingerprint density at radius 2 is 2.21 bits per heavy atom. The highest BCUT2D eigenvalue weighted by molar-refractivity contribution is 9.10. The maximum absolute atomic E-state index is 4.43. The van der Waals surface area contributed by atoms with Crippen molar-refractivity contribution >= 4 is 21.7 Å². The van der Waals surface area contributed by atoms with Gasteiger partial charge in [0.2, 0.25) is 0 Å². The van der Waals surface area contributed by atoms with E-state index in [0.29, 0.717) is 6.04 Å². The molecule has 78 valence electrons. The van der Waals surface area contributed by atoms with E-state index in [1.807, 2.05) is 6.20 Å². The SMILES string of the molecule is CCC(C)N(C)c1ncc(Br)cc1C. The molecule has 0 radical (unpaired) electrons. The molecule has 0 bridgehead atoms. The van der Waals surface area contributed by atoms with Crippen LogP contribution < -0.4 is 4.90 Å². The molecular formula is C11H17BrN2. The largest absolute Gasteiger partial charge is 0.357 e. The maximum atomic E-state index is 4.43. The van der Waals surface area contributed by atoms with Gasteiger partial charge in [0, 0.05) is 23.8 Å². The fourth-order valence-electron chi connectivity index (χ4n) is 1.39. The van der Waals surface area contributed by atoms with Crippen molar-refractivity contribution in [3.8, 4) is 0 Å². The highest BCUT2D eigenvalue weighted by Crippen LogP contribution is 2.21. The van der Waals surface area contributed by atoms with Crippen LogP contribution >= 0.6 is 15.9 Å². The highest BCUT2D eigenvalue weighted by atomic mass is 79.9. The smallest absolute Gasteiger partial charge is 0.131 e. The fraction of sp³-hybridized carbons (Fsp3) is 0.545. The van der Waals surface area contributed by atoms with Crippen molar-refractivity contribution in [3.05, 3.63) is 22.3 Å². The second kappa shape index (κ2) is 4.78. The number of nitrogens with zero attached hydrogens (tertiary/aromatic N) is 2. The normalized spacial score (nSPS) is 12.6. The van der Waals surface area contributed by atoms with Gasteiger partial charge in [-0.15, -0.1) is 0 Å². The minimum Gasteiger partial charge on any atom is -0.357 e. The van der Waals surface area contributed by atoms with Gasteiger partial charge in [-0.3, -0.25) is 0 Å². The quantitative estimate of drug-likeness (QED) is 0.825. The zero-order chi connectivity index (χ0) is 10.7. The van der Waals surface area contributed by atoms with Gasteiger partial charge in [-0.2, -0.15) is 0 Å². The Morgan fingerprint density at radius 3 is 2.71 bits per heavy atom. The van der Waals surface area contributed by atoms with E-state index in [2.05, 4.69) is 59.7 Å². The summed E-state index contributed by atoms with van der Waals surface area (Å²) >= 11 is 3.42. The topological polar surface area (TPSA) is 16.1 Å². The molecule has 2 nitrogen and oxygen atoms in total. The lowest BCUT2D eigenvalue weighted by atomic mass is 10.2. The lowest BCUT2D eigenvalue weighted by Crippen LogP contribution is -2.29. The van der Waals surface area contributed by atoms with Crippen LogP contribution in [0.5, 0.6) is 0 Å². The van der Waals surface area contributed by atoms with Crippen LogP contribution in [0.15, 0.2) is 16.7 Å². The summed E-state index contributed by atoms with van der Waals surface area (Å²) in [5.41, 5.74) is 1.21. The number of rotatable bonds is 3. The van der Waals surface area contributed by atoms with E-state index in [1.165, 1.54) is 5.56 Å². The first-order valence-corrected chi connectivity index (χ1v) is 5.70. The molecule has 0 fully saturated rings. The molecule has 0 amide bonds. The Bertz CT molecular complexity index is 312. The highest BCUT2D eigenvalue weighted by Gasteiger charge is 2.11. The van der Waals surface area contributed by atoms with Crippen LogP contribution in [0.4, 0.5) is 5.82 Å². The molecule has 1 aromatic heterocycles. The zero-order valence-electron chi connectivity index (χ0n) is 9.21. The Balaban J connectivity index is 2.95. The molecule has 0 saturated carbocycles. The Kier molecular flexibility index (Phi) is 3.93. The third-order valence-electron chi connectivity index (χ3n) is 2.60. The van der Waals surface area contributed by atoms with Crippen LogP contribution in [0, 0.1) is 6.92 Å². The minimum absolute atomic E-state index is 0.530. The van der Waals surface area contributed by atoms with Crippen molar-refractivity contribution < 1.29 is 0 Å². The van der Waals surface area contributed by atoms with Crippen LogP contribution in [-0.2, 0) is 0 Å². The van der Waals surface area contributed by atoms with Gasteiger partial charge < -0.3 is 4.90 Å². The fourth-order valence-corrected chi connectivity index (χ4v) is 1.83. The third-order valence-corrected chi connectivity index (χ3v) is 3.04. The summed E-state index contributed by atoms with van der Waals surface area (Å²) in [6.07, 6.45) is 2.98. The van der Waals surface area contributed by atoms with Crippen molar-refractivity contribution in [2.24, 2.45) is 0 Å². The molecule has 0 aliphatic rings. The second-order valence-corrected chi connectivity index (χ2v) is 4.58. The summed E-state index contributed by atoms with van der Waals surface area (Å²) in [5.74, 6) is 1.07. The number of anilines is 1. The first-order valence-electron chi connectivity index (χ1n) is 4.91. The number of hydrogen-bond donors (Lipinski definition) is 0. The van der Waals surface area contributed by atoms with E-state index in [1.54, 1.807) is 0 Å². The van der Waals surface area contributed by atoms with Crippen molar-refractivity contribution in [2.75, 3.05) is 11.9 Å². The molecule has 1 unspecified atom stereocenters. The minimum atomic E-state index is 0.530. The molecular weight excluding hydrogens is 240 g/mol. The molecule has 14 heavy (non-hydrogen) atoms. The molecule has 0 spiro atoms. The molecule has 1 heterocycles. The molecule has 1 rings (SSSR count). The summed E-state index contributed by atoms with van der Waals surface area (Å²) in [4.78, 5) is 6.65. The monoisotopic (exact) mass is 256 g/mol. The maximum Gasteiger partial charge on any atom is 0.131 e. The molecule has 1 aromatic rings. The van der Waals surface area contributed by atoms with Gasteiger partial charge >= 0.3 is 0 Å². The van der Waals surface area contributed by atoms with Crippen molar-refractivity contribution in [3.63, 3.8) is 0 Å². The van der Waals surface area contributed by atoms with Gasteiger partial charge in [0.05, 0.1) is 0 Å². The number of halogens is 1. The summed E-state index contributed by atoms with van der Waals surface area (Å²) in [6.45, 7) is 6.49. The second-order valence-electron chi connectivity index (χ2n) is 3.66. The molecule has 3 heteroatoms. The summed E-state index contributed by atoms with van der Waals surface area (Å²) < 4.78 is 1.04. The third kappa shape index (κ3) is 2.47. The number of aryl methyl sites for hydroxylation is 1. The van der Waals surface area contributed by atoms with Crippen molar-refractivity contribution in [1.29, 1.82) is 0 Å². The van der Waals surface area contributed by atoms with Crippen LogP contribution in [0.3, 0.4) is 0 Å². The average Bonchev–Trinajstić information content (AvgIpc) is 2.15. The van der Waals surface area contributed by atoms with Gasteiger partial charge in [-0.25, -0.2) is 4.98 Å².